The Hall–Kier alpha value is -2.40. The summed E-state index contributed by atoms with van der Waals surface area (Å²) < 4.78 is 0. The summed E-state index contributed by atoms with van der Waals surface area (Å²) in [5, 5.41) is 1.77. The third-order valence-electron chi connectivity index (χ3n) is 3.88. The van der Waals surface area contributed by atoms with Crippen LogP contribution in [0.2, 0.25) is 0 Å². The number of rotatable bonds is 1. The molecule has 0 bridgehead atoms. The predicted molar refractivity (Wildman–Crippen MR) is 87.0 cm³/mol. The minimum absolute atomic E-state index is 0.0675. The summed E-state index contributed by atoms with van der Waals surface area (Å²) in [4.78, 5) is 25.1. The quantitative estimate of drug-likeness (QED) is 0.562. The lowest BCUT2D eigenvalue weighted by molar-refractivity contribution is 1.19. The van der Waals surface area contributed by atoms with E-state index in [-0.39, 0.29) is 5.56 Å². The zero-order chi connectivity index (χ0) is 14.6. The minimum Gasteiger partial charge on any atom is -0.360 e. The van der Waals surface area contributed by atoms with Crippen LogP contribution in [0, 0.1) is 13.8 Å². The van der Waals surface area contributed by atoms with Crippen LogP contribution in [0.15, 0.2) is 35.3 Å². The lowest BCUT2D eigenvalue weighted by Crippen LogP contribution is -2.08. The molecule has 3 heterocycles. The summed E-state index contributed by atoms with van der Waals surface area (Å²) in [6.45, 7) is 3.99. The van der Waals surface area contributed by atoms with Crippen molar-refractivity contribution in [2.75, 3.05) is 0 Å². The fourth-order valence-electron chi connectivity index (χ4n) is 2.65. The summed E-state index contributed by atoms with van der Waals surface area (Å²) >= 11 is 1.57. The van der Waals surface area contributed by atoms with Crippen molar-refractivity contribution in [3.8, 4) is 11.4 Å². The Kier molecular flexibility index (Phi) is 2.53. The Labute approximate surface area is 124 Å². The third kappa shape index (κ3) is 1.74. The van der Waals surface area contributed by atoms with Crippen molar-refractivity contribution in [1.29, 1.82) is 0 Å². The average Bonchev–Trinajstić information content (AvgIpc) is 3.01. The Bertz CT molecular complexity index is 1040. The molecule has 0 aliphatic carbocycles. The maximum Gasteiger partial charge on any atom is 0.260 e. The molecule has 0 radical (unpaired) electrons. The van der Waals surface area contributed by atoms with Gasteiger partial charge in [-0.3, -0.25) is 4.79 Å². The second-order valence-corrected chi connectivity index (χ2v) is 6.33. The highest BCUT2D eigenvalue weighted by Crippen LogP contribution is 2.30. The zero-order valence-corrected chi connectivity index (χ0v) is 12.5. The highest BCUT2D eigenvalue weighted by molar-refractivity contribution is 7.18. The molecule has 4 aromatic rings. The van der Waals surface area contributed by atoms with E-state index in [0.717, 1.165) is 31.7 Å². The van der Waals surface area contributed by atoms with Crippen LogP contribution in [-0.4, -0.2) is 15.0 Å². The molecule has 0 unspecified atom stereocenters. The van der Waals surface area contributed by atoms with Crippen molar-refractivity contribution < 1.29 is 0 Å². The number of thiophene rings is 1. The molecule has 5 heteroatoms. The van der Waals surface area contributed by atoms with Crippen molar-refractivity contribution in [1.82, 2.24) is 15.0 Å². The molecule has 21 heavy (non-hydrogen) atoms. The molecule has 2 N–H and O–H groups in total. The van der Waals surface area contributed by atoms with E-state index in [2.05, 4.69) is 15.0 Å². The Morgan fingerprint density at radius 2 is 2.00 bits per heavy atom. The highest BCUT2D eigenvalue weighted by atomic mass is 32.1. The number of benzene rings is 1. The molecule has 3 aromatic heterocycles. The molecule has 1 aromatic carbocycles. The van der Waals surface area contributed by atoms with Crippen LogP contribution in [0.5, 0.6) is 0 Å². The number of hydrogen-bond donors (Lipinski definition) is 2. The summed E-state index contributed by atoms with van der Waals surface area (Å²) in [5.74, 6) is 0.617. The van der Waals surface area contributed by atoms with Gasteiger partial charge in [-0.1, -0.05) is 18.2 Å². The van der Waals surface area contributed by atoms with Gasteiger partial charge in [0.25, 0.3) is 5.56 Å². The van der Waals surface area contributed by atoms with Gasteiger partial charge in [-0.2, -0.15) is 0 Å². The maximum absolute atomic E-state index is 12.4. The van der Waals surface area contributed by atoms with Gasteiger partial charge >= 0.3 is 0 Å². The van der Waals surface area contributed by atoms with Gasteiger partial charge in [0, 0.05) is 27.5 Å². The molecular formula is C16H13N3OS. The first-order valence-corrected chi connectivity index (χ1v) is 7.53. The number of aromatic amines is 2. The standard InChI is InChI=1S/C16H13N3OS/c1-8-9(2)21-16-13(8)15(20)18-14(19-16)11-7-17-12-6-4-3-5-10(11)12/h3-7,17H,1-2H3,(H,18,19,20). The Morgan fingerprint density at radius 1 is 1.19 bits per heavy atom. The fourth-order valence-corrected chi connectivity index (χ4v) is 3.68. The molecule has 4 rings (SSSR count). The number of para-hydroxylation sites is 1. The van der Waals surface area contributed by atoms with Gasteiger partial charge in [0.1, 0.15) is 10.7 Å². The third-order valence-corrected chi connectivity index (χ3v) is 4.98. The summed E-state index contributed by atoms with van der Waals surface area (Å²) in [6.07, 6.45) is 1.89. The first kappa shape index (κ1) is 12.3. The molecule has 104 valence electrons. The monoisotopic (exact) mass is 295 g/mol. The van der Waals surface area contributed by atoms with E-state index in [0.29, 0.717) is 11.2 Å². The first-order valence-electron chi connectivity index (χ1n) is 6.71. The molecule has 0 saturated carbocycles. The Morgan fingerprint density at radius 3 is 2.86 bits per heavy atom. The van der Waals surface area contributed by atoms with Gasteiger partial charge < -0.3 is 9.97 Å². The van der Waals surface area contributed by atoms with Crippen molar-refractivity contribution in [3.63, 3.8) is 0 Å². The normalized spacial score (nSPS) is 11.5. The molecule has 0 fully saturated rings. The van der Waals surface area contributed by atoms with E-state index in [1.54, 1.807) is 11.3 Å². The summed E-state index contributed by atoms with van der Waals surface area (Å²) in [5.41, 5.74) is 2.92. The zero-order valence-electron chi connectivity index (χ0n) is 11.7. The van der Waals surface area contributed by atoms with E-state index in [9.17, 15) is 4.79 Å². The number of aryl methyl sites for hydroxylation is 2. The summed E-state index contributed by atoms with van der Waals surface area (Å²) in [6, 6.07) is 7.99. The van der Waals surface area contributed by atoms with Gasteiger partial charge in [-0.15, -0.1) is 11.3 Å². The smallest absolute Gasteiger partial charge is 0.260 e. The largest absolute Gasteiger partial charge is 0.360 e. The van der Waals surface area contributed by atoms with Gasteiger partial charge in [0.15, 0.2) is 0 Å². The minimum atomic E-state index is -0.0675. The lowest BCUT2D eigenvalue weighted by atomic mass is 10.1. The molecule has 0 atom stereocenters. The average molecular weight is 295 g/mol. The van der Waals surface area contributed by atoms with Crippen LogP contribution in [-0.2, 0) is 0 Å². The molecule has 4 nitrogen and oxygen atoms in total. The van der Waals surface area contributed by atoms with Crippen LogP contribution in [0.4, 0.5) is 0 Å². The number of aromatic nitrogens is 3. The van der Waals surface area contributed by atoms with E-state index in [1.807, 2.05) is 44.3 Å². The summed E-state index contributed by atoms with van der Waals surface area (Å²) in [7, 11) is 0. The SMILES string of the molecule is Cc1sc2nc(-c3c[nH]c4ccccc34)[nH]c(=O)c2c1C. The van der Waals surface area contributed by atoms with Crippen LogP contribution in [0.3, 0.4) is 0 Å². The van der Waals surface area contributed by atoms with Crippen LogP contribution in [0.25, 0.3) is 32.5 Å². The van der Waals surface area contributed by atoms with Crippen LogP contribution < -0.4 is 5.56 Å². The molecule has 0 aliphatic heterocycles. The van der Waals surface area contributed by atoms with Gasteiger partial charge in [-0.05, 0) is 25.5 Å². The highest BCUT2D eigenvalue weighted by Gasteiger charge is 2.14. The van der Waals surface area contributed by atoms with Crippen molar-refractivity contribution in [2.45, 2.75) is 13.8 Å². The fraction of sp³-hybridized carbons (Fsp3) is 0.125. The topological polar surface area (TPSA) is 61.5 Å². The van der Waals surface area contributed by atoms with Crippen LogP contribution >= 0.6 is 11.3 Å². The van der Waals surface area contributed by atoms with E-state index < -0.39 is 0 Å². The molecule has 0 spiro atoms. The number of hydrogen-bond acceptors (Lipinski definition) is 3. The number of nitrogens with zero attached hydrogens (tertiary/aromatic N) is 1. The number of nitrogens with one attached hydrogen (secondary N) is 2. The maximum atomic E-state index is 12.4. The van der Waals surface area contributed by atoms with Crippen LogP contribution in [0.1, 0.15) is 10.4 Å². The van der Waals surface area contributed by atoms with E-state index in [1.165, 1.54) is 0 Å². The molecule has 0 saturated heterocycles. The lowest BCUT2D eigenvalue weighted by Gasteiger charge is -1.99. The second-order valence-electron chi connectivity index (χ2n) is 5.13. The van der Waals surface area contributed by atoms with Gasteiger partial charge in [0.2, 0.25) is 0 Å². The second kappa shape index (κ2) is 4.30. The van der Waals surface area contributed by atoms with Gasteiger partial charge in [0.05, 0.1) is 5.39 Å². The number of H-pyrrole nitrogens is 2. The molecular weight excluding hydrogens is 282 g/mol. The van der Waals surface area contributed by atoms with E-state index in [4.69, 9.17) is 0 Å². The predicted octanol–water partition coefficient (Wildman–Crippen LogP) is 3.75. The van der Waals surface area contributed by atoms with Crippen molar-refractivity contribution in [3.05, 3.63) is 51.3 Å². The first-order chi connectivity index (χ1) is 10.1. The Balaban J connectivity index is 2.05. The van der Waals surface area contributed by atoms with Gasteiger partial charge in [-0.25, -0.2) is 4.98 Å². The molecule has 0 amide bonds. The van der Waals surface area contributed by atoms with Crippen molar-refractivity contribution in [2.24, 2.45) is 0 Å². The molecule has 0 aliphatic rings. The van der Waals surface area contributed by atoms with Crippen molar-refractivity contribution >= 4 is 32.5 Å². The van der Waals surface area contributed by atoms with E-state index >= 15 is 0 Å². The number of fused-ring (bicyclic) bond motifs is 2.